The van der Waals surface area contributed by atoms with Crippen LogP contribution >= 0.6 is 0 Å². The highest BCUT2D eigenvalue weighted by atomic mass is 14.4. The summed E-state index contributed by atoms with van der Waals surface area (Å²) in [7, 11) is 0. The fourth-order valence-corrected chi connectivity index (χ4v) is 6.26. The second-order valence-corrected chi connectivity index (χ2v) is 9.68. The van der Waals surface area contributed by atoms with E-state index in [4.69, 9.17) is 0 Å². The van der Waals surface area contributed by atoms with Crippen molar-refractivity contribution in [1.82, 2.24) is 0 Å². The first-order valence-electron chi connectivity index (χ1n) is 12.5. The highest BCUT2D eigenvalue weighted by Crippen LogP contribution is 2.58. The molecule has 0 nitrogen and oxygen atoms in total. The van der Waals surface area contributed by atoms with Gasteiger partial charge >= 0.3 is 0 Å². The standard InChI is InChI=1S/C36H22/c1-2-12-25-22-26(21-20-23(25)10-1)33-29-15-5-7-17-31(29)36-34(30-16-6-8-18-32(30)35(33)36)28-19-9-13-24-11-3-4-14-27(24)28/h1-22H. The van der Waals surface area contributed by atoms with Crippen molar-refractivity contribution in [3.8, 4) is 0 Å². The maximum absolute atomic E-state index is 2.36. The molecule has 0 saturated carbocycles. The SMILES string of the molecule is c1ccc2c(c1)C1=C(c3cccc4ccccc34)c3ccccc3C1=C2c1ccc2ccccc2c1. The summed E-state index contributed by atoms with van der Waals surface area (Å²) in [5, 5.41) is 5.13. The smallest absolute Gasteiger partial charge is 0.000741 e. The van der Waals surface area contributed by atoms with Gasteiger partial charge in [0.15, 0.2) is 0 Å². The van der Waals surface area contributed by atoms with Gasteiger partial charge in [-0.05, 0) is 83.3 Å². The van der Waals surface area contributed by atoms with Crippen LogP contribution in [0.3, 0.4) is 0 Å². The van der Waals surface area contributed by atoms with Gasteiger partial charge in [-0.1, -0.05) is 127 Å². The van der Waals surface area contributed by atoms with E-state index in [9.17, 15) is 0 Å². The Morgan fingerprint density at radius 3 is 1.53 bits per heavy atom. The number of hydrogen-bond acceptors (Lipinski definition) is 0. The minimum atomic E-state index is 1.28. The molecule has 0 unspecified atom stereocenters. The average Bonchev–Trinajstić information content (AvgIpc) is 3.45. The zero-order chi connectivity index (χ0) is 23.6. The lowest BCUT2D eigenvalue weighted by Crippen LogP contribution is -1.93. The normalized spacial score (nSPS) is 13.9. The molecular weight excluding hydrogens is 432 g/mol. The molecule has 2 aliphatic rings. The van der Waals surface area contributed by atoms with E-state index < -0.39 is 0 Å². The molecule has 8 rings (SSSR count). The van der Waals surface area contributed by atoms with E-state index >= 15 is 0 Å². The fourth-order valence-electron chi connectivity index (χ4n) is 6.26. The molecule has 0 heteroatoms. The maximum atomic E-state index is 2.36. The molecule has 0 saturated heterocycles. The lowest BCUT2D eigenvalue weighted by atomic mass is 9.90. The topological polar surface area (TPSA) is 0 Å². The van der Waals surface area contributed by atoms with Gasteiger partial charge in [-0.25, -0.2) is 0 Å². The van der Waals surface area contributed by atoms with Gasteiger partial charge < -0.3 is 0 Å². The Kier molecular flexibility index (Phi) is 4.03. The second kappa shape index (κ2) is 7.41. The first kappa shape index (κ1) is 19.6. The van der Waals surface area contributed by atoms with Crippen molar-refractivity contribution in [2.75, 3.05) is 0 Å². The first-order chi connectivity index (χ1) is 17.9. The summed E-state index contributed by atoms with van der Waals surface area (Å²) in [4.78, 5) is 0. The molecule has 0 aliphatic heterocycles. The molecule has 0 heterocycles. The van der Waals surface area contributed by atoms with Gasteiger partial charge in [-0.3, -0.25) is 0 Å². The molecule has 0 spiro atoms. The van der Waals surface area contributed by atoms with Crippen LogP contribution in [0.15, 0.2) is 133 Å². The predicted molar refractivity (Wildman–Crippen MR) is 153 cm³/mol. The largest absolute Gasteiger partial charge is 0.0616 e. The molecule has 36 heavy (non-hydrogen) atoms. The third kappa shape index (κ3) is 2.64. The van der Waals surface area contributed by atoms with Gasteiger partial charge in [0.25, 0.3) is 0 Å². The molecule has 0 amide bonds. The van der Waals surface area contributed by atoms with Gasteiger partial charge in [-0.15, -0.1) is 0 Å². The van der Waals surface area contributed by atoms with E-state index in [1.165, 1.54) is 77.2 Å². The van der Waals surface area contributed by atoms with E-state index in [1.54, 1.807) is 0 Å². The van der Waals surface area contributed by atoms with E-state index in [2.05, 4.69) is 133 Å². The molecule has 0 bridgehead atoms. The highest BCUT2D eigenvalue weighted by Gasteiger charge is 2.37. The number of benzene rings is 6. The van der Waals surface area contributed by atoms with Crippen LogP contribution in [0.4, 0.5) is 0 Å². The van der Waals surface area contributed by atoms with Crippen molar-refractivity contribution in [2.45, 2.75) is 0 Å². The van der Waals surface area contributed by atoms with Crippen molar-refractivity contribution < 1.29 is 0 Å². The van der Waals surface area contributed by atoms with Crippen LogP contribution in [0.25, 0.3) is 43.8 Å². The molecular formula is C36H22. The molecule has 2 aliphatic carbocycles. The molecule has 0 radical (unpaired) electrons. The summed E-state index contributed by atoms with van der Waals surface area (Å²) in [6.45, 7) is 0. The molecule has 0 aromatic heterocycles. The summed E-state index contributed by atoms with van der Waals surface area (Å²) in [6, 6.07) is 48.9. The third-order valence-electron chi connectivity index (χ3n) is 7.78. The van der Waals surface area contributed by atoms with Crippen molar-refractivity contribution in [2.24, 2.45) is 0 Å². The second-order valence-electron chi connectivity index (χ2n) is 9.68. The molecule has 0 N–H and O–H groups in total. The molecule has 6 aromatic rings. The van der Waals surface area contributed by atoms with E-state index in [1.807, 2.05) is 0 Å². The van der Waals surface area contributed by atoms with E-state index in [0.29, 0.717) is 0 Å². The quantitative estimate of drug-likeness (QED) is 0.245. The van der Waals surface area contributed by atoms with Crippen molar-refractivity contribution in [3.05, 3.63) is 167 Å². The Bertz CT molecular complexity index is 1920. The molecule has 6 aromatic carbocycles. The average molecular weight is 455 g/mol. The zero-order valence-corrected chi connectivity index (χ0v) is 19.7. The van der Waals surface area contributed by atoms with Gasteiger partial charge in [0.2, 0.25) is 0 Å². The molecule has 166 valence electrons. The monoisotopic (exact) mass is 454 g/mol. The Morgan fingerprint density at radius 2 is 0.778 bits per heavy atom. The van der Waals surface area contributed by atoms with Crippen molar-refractivity contribution >= 4 is 43.8 Å². The minimum absolute atomic E-state index is 1.28. The number of hydrogen-bond donors (Lipinski definition) is 0. The van der Waals surface area contributed by atoms with Crippen molar-refractivity contribution in [3.63, 3.8) is 0 Å². The van der Waals surface area contributed by atoms with Crippen LogP contribution in [0.5, 0.6) is 0 Å². The van der Waals surface area contributed by atoms with Gasteiger partial charge in [0.05, 0.1) is 0 Å². The molecule has 0 fully saturated rings. The summed E-state index contributed by atoms with van der Waals surface area (Å²) >= 11 is 0. The zero-order valence-electron chi connectivity index (χ0n) is 19.7. The van der Waals surface area contributed by atoms with Crippen LogP contribution in [0, 0.1) is 0 Å². The first-order valence-corrected chi connectivity index (χ1v) is 12.5. The predicted octanol–water partition coefficient (Wildman–Crippen LogP) is 9.24. The maximum Gasteiger partial charge on any atom is -0.000741 e. The van der Waals surface area contributed by atoms with Crippen molar-refractivity contribution in [1.29, 1.82) is 0 Å². The van der Waals surface area contributed by atoms with Gasteiger partial charge in [0, 0.05) is 0 Å². The Morgan fingerprint density at radius 1 is 0.278 bits per heavy atom. The Balaban J connectivity index is 1.52. The van der Waals surface area contributed by atoms with E-state index in [0.717, 1.165) is 0 Å². The van der Waals surface area contributed by atoms with Crippen LogP contribution in [-0.2, 0) is 0 Å². The fraction of sp³-hybridized carbons (Fsp3) is 0. The van der Waals surface area contributed by atoms with E-state index in [-0.39, 0.29) is 0 Å². The summed E-state index contributed by atoms with van der Waals surface area (Å²) in [6.07, 6.45) is 0. The van der Waals surface area contributed by atoms with Gasteiger partial charge in [0.1, 0.15) is 0 Å². The lowest BCUT2D eigenvalue weighted by Gasteiger charge is -2.13. The third-order valence-corrected chi connectivity index (χ3v) is 7.78. The summed E-state index contributed by atoms with van der Waals surface area (Å²) in [5.74, 6) is 0. The van der Waals surface area contributed by atoms with Gasteiger partial charge in [-0.2, -0.15) is 0 Å². The summed E-state index contributed by atoms with van der Waals surface area (Å²) in [5.41, 5.74) is 13.3. The number of fused-ring (bicyclic) bond motifs is 7. The van der Waals surface area contributed by atoms with Crippen LogP contribution < -0.4 is 0 Å². The van der Waals surface area contributed by atoms with Crippen LogP contribution in [0.2, 0.25) is 0 Å². The highest BCUT2D eigenvalue weighted by molar-refractivity contribution is 6.36. The Hall–Kier alpha value is -4.68. The Labute approximate surface area is 210 Å². The lowest BCUT2D eigenvalue weighted by molar-refractivity contribution is 1.54. The minimum Gasteiger partial charge on any atom is -0.0616 e. The van der Waals surface area contributed by atoms with Crippen LogP contribution in [-0.4, -0.2) is 0 Å². The van der Waals surface area contributed by atoms with Crippen LogP contribution in [0.1, 0.15) is 33.4 Å². The number of allylic oxidation sites excluding steroid dienone is 2. The molecule has 0 atom stereocenters. The number of rotatable bonds is 2. The summed E-state index contributed by atoms with van der Waals surface area (Å²) < 4.78 is 0.